The van der Waals surface area contributed by atoms with Gasteiger partial charge in [-0.05, 0) is 82.3 Å². The van der Waals surface area contributed by atoms with E-state index in [0.29, 0.717) is 6.54 Å². The molecule has 1 atom stereocenters. The predicted molar refractivity (Wildman–Crippen MR) is 133 cm³/mol. The fourth-order valence-corrected chi connectivity index (χ4v) is 5.88. The molecule has 6 heteroatoms. The first kappa shape index (κ1) is 22.9. The van der Waals surface area contributed by atoms with Crippen molar-refractivity contribution in [3.05, 3.63) is 65.2 Å². The standard InChI is InChI=1S/C28H35N3O3/c1-27(2,3)34-26(33)31-16-8-13-23(31)21-11-7-12-22-24(21)28(25(32)29-22)14-17-30(18-15-28)19-20-9-5-4-6-10-20/h4-7,9-12,23H,8,13-19H2,1-3H3,(H,29,32)/t23-/m1/s1. The molecular weight excluding hydrogens is 426 g/mol. The van der Waals surface area contributed by atoms with Gasteiger partial charge in [0.15, 0.2) is 0 Å². The Balaban J connectivity index is 1.41. The summed E-state index contributed by atoms with van der Waals surface area (Å²) < 4.78 is 5.72. The minimum absolute atomic E-state index is 0.0586. The van der Waals surface area contributed by atoms with Crippen LogP contribution in [0.25, 0.3) is 0 Å². The third kappa shape index (κ3) is 4.20. The summed E-state index contributed by atoms with van der Waals surface area (Å²) in [6.45, 7) is 9.03. The van der Waals surface area contributed by atoms with Crippen LogP contribution in [0.3, 0.4) is 0 Å². The first-order chi connectivity index (χ1) is 16.3. The van der Waals surface area contributed by atoms with Crippen LogP contribution in [-0.4, -0.2) is 47.0 Å². The summed E-state index contributed by atoms with van der Waals surface area (Å²) in [7, 11) is 0. The summed E-state index contributed by atoms with van der Waals surface area (Å²) in [5.41, 5.74) is 3.37. The summed E-state index contributed by atoms with van der Waals surface area (Å²) in [5, 5.41) is 3.18. The summed E-state index contributed by atoms with van der Waals surface area (Å²) >= 11 is 0. The van der Waals surface area contributed by atoms with Crippen LogP contribution in [-0.2, 0) is 21.5 Å². The maximum absolute atomic E-state index is 13.4. The van der Waals surface area contributed by atoms with Gasteiger partial charge in [-0.15, -0.1) is 0 Å². The molecule has 2 fully saturated rings. The zero-order chi connectivity index (χ0) is 23.9. The summed E-state index contributed by atoms with van der Waals surface area (Å²) in [5.74, 6) is 0.108. The monoisotopic (exact) mass is 461 g/mol. The zero-order valence-corrected chi connectivity index (χ0v) is 20.5. The Bertz CT molecular complexity index is 1070. The van der Waals surface area contributed by atoms with Crippen molar-refractivity contribution >= 4 is 17.7 Å². The first-order valence-corrected chi connectivity index (χ1v) is 12.5. The number of amides is 2. The highest BCUT2D eigenvalue weighted by molar-refractivity contribution is 6.07. The number of hydrogen-bond donors (Lipinski definition) is 1. The largest absolute Gasteiger partial charge is 0.444 e. The second-order valence-electron chi connectivity index (χ2n) is 10.9. The van der Waals surface area contributed by atoms with Gasteiger partial charge in [0.2, 0.25) is 5.91 Å². The molecule has 2 aromatic carbocycles. The van der Waals surface area contributed by atoms with E-state index in [4.69, 9.17) is 4.74 Å². The van der Waals surface area contributed by atoms with Gasteiger partial charge in [0.1, 0.15) is 5.60 Å². The van der Waals surface area contributed by atoms with Crippen molar-refractivity contribution in [2.24, 2.45) is 0 Å². The first-order valence-electron chi connectivity index (χ1n) is 12.5. The molecule has 0 saturated carbocycles. The molecule has 34 heavy (non-hydrogen) atoms. The highest BCUT2D eigenvalue weighted by Gasteiger charge is 2.51. The van der Waals surface area contributed by atoms with Gasteiger partial charge in [-0.25, -0.2) is 4.79 Å². The topological polar surface area (TPSA) is 61.9 Å². The molecule has 0 aliphatic carbocycles. The average molecular weight is 462 g/mol. The average Bonchev–Trinajstić information content (AvgIpc) is 3.39. The van der Waals surface area contributed by atoms with Crippen LogP contribution < -0.4 is 5.32 Å². The van der Waals surface area contributed by atoms with Gasteiger partial charge in [0, 0.05) is 18.8 Å². The Morgan fingerprint density at radius 1 is 1.06 bits per heavy atom. The minimum atomic E-state index is -0.535. The number of hydrogen-bond acceptors (Lipinski definition) is 4. The van der Waals surface area contributed by atoms with Crippen molar-refractivity contribution in [1.82, 2.24) is 9.80 Å². The summed E-state index contributed by atoms with van der Waals surface area (Å²) in [4.78, 5) is 30.7. The number of carbonyl (C=O) groups excluding carboxylic acids is 2. The molecule has 1 spiro atoms. The Morgan fingerprint density at radius 3 is 2.50 bits per heavy atom. The van der Waals surface area contributed by atoms with Crippen LogP contribution in [0.2, 0.25) is 0 Å². The van der Waals surface area contributed by atoms with Crippen molar-refractivity contribution in [3.8, 4) is 0 Å². The SMILES string of the molecule is CC(C)(C)OC(=O)N1CCC[C@@H]1c1cccc2c1C1(CCN(Cc3ccccc3)CC1)C(=O)N2. The number of anilines is 1. The number of likely N-dealkylation sites (tertiary alicyclic amines) is 2. The summed E-state index contributed by atoms with van der Waals surface area (Å²) in [6, 6.07) is 16.6. The van der Waals surface area contributed by atoms with Gasteiger partial charge in [0.25, 0.3) is 0 Å². The molecular formula is C28H35N3O3. The number of benzene rings is 2. The molecule has 2 amide bonds. The van der Waals surface area contributed by atoms with Crippen LogP contribution in [0.5, 0.6) is 0 Å². The van der Waals surface area contributed by atoms with Crippen molar-refractivity contribution in [3.63, 3.8) is 0 Å². The van der Waals surface area contributed by atoms with Crippen molar-refractivity contribution in [1.29, 1.82) is 0 Å². The molecule has 0 aromatic heterocycles. The van der Waals surface area contributed by atoms with E-state index < -0.39 is 11.0 Å². The Kier molecular flexibility index (Phi) is 5.88. The third-order valence-electron chi connectivity index (χ3n) is 7.46. The number of nitrogens with zero attached hydrogens (tertiary/aromatic N) is 2. The fraction of sp³-hybridized carbons (Fsp3) is 0.500. The molecule has 2 saturated heterocycles. The lowest BCUT2D eigenvalue weighted by molar-refractivity contribution is -0.122. The highest BCUT2D eigenvalue weighted by Crippen LogP contribution is 2.50. The van der Waals surface area contributed by atoms with E-state index in [1.54, 1.807) is 0 Å². The fourth-order valence-electron chi connectivity index (χ4n) is 5.88. The zero-order valence-electron chi connectivity index (χ0n) is 20.5. The van der Waals surface area contributed by atoms with E-state index in [1.165, 1.54) is 5.56 Å². The number of carbonyl (C=O) groups is 2. The molecule has 3 aliphatic heterocycles. The van der Waals surface area contributed by atoms with E-state index in [1.807, 2.05) is 43.9 Å². The van der Waals surface area contributed by atoms with E-state index in [0.717, 1.165) is 62.1 Å². The van der Waals surface area contributed by atoms with Crippen molar-refractivity contribution in [2.45, 2.75) is 70.1 Å². The molecule has 0 bridgehead atoms. The van der Waals surface area contributed by atoms with Gasteiger partial charge in [-0.1, -0.05) is 42.5 Å². The number of rotatable bonds is 3. The minimum Gasteiger partial charge on any atom is -0.444 e. The number of nitrogens with one attached hydrogen (secondary N) is 1. The lowest BCUT2D eigenvalue weighted by atomic mass is 9.71. The molecule has 6 nitrogen and oxygen atoms in total. The normalized spacial score (nSPS) is 22.0. The number of ether oxygens (including phenoxy) is 1. The molecule has 0 radical (unpaired) electrons. The van der Waals surface area contributed by atoms with Crippen molar-refractivity contribution in [2.75, 3.05) is 25.0 Å². The van der Waals surface area contributed by atoms with E-state index in [-0.39, 0.29) is 18.0 Å². The molecule has 3 heterocycles. The second kappa shape index (κ2) is 8.73. The van der Waals surface area contributed by atoms with Gasteiger partial charge < -0.3 is 15.0 Å². The molecule has 5 rings (SSSR count). The van der Waals surface area contributed by atoms with Gasteiger partial charge in [-0.2, -0.15) is 0 Å². The summed E-state index contributed by atoms with van der Waals surface area (Å²) in [6.07, 6.45) is 3.13. The van der Waals surface area contributed by atoms with Crippen LogP contribution in [0.1, 0.15) is 69.2 Å². The van der Waals surface area contributed by atoms with E-state index in [2.05, 4.69) is 40.5 Å². The lowest BCUT2D eigenvalue weighted by Crippen LogP contribution is -2.47. The molecule has 180 valence electrons. The predicted octanol–water partition coefficient (Wildman–Crippen LogP) is 5.24. The maximum atomic E-state index is 13.4. The highest BCUT2D eigenvalue weighted by atomic mass is 16.6. The Hall–Kier alpha value is -2.86. The van der Waals surface area contributed by atoms with Crippen molar-refractivity contribution < 1.29 is 14.3 Å². The second-order valence-corrected chi connectivity index (χ2v) is 10.9. The number of piperidine rings is 1. The van der Waals surface area contributed by atoms with Gasteiger partial charge >= 0.3 is 6.09 Å². The quantitative estimate of drug-likeness (QED) is 0.679. The number of fused-ring (bicyclic) bond motifs is 2. The maximum Gasteiger partial charge on any atom is 0.410 e. The van der Waals surface area contributed by atoms with Crippen LogP contribution in [0.4, 0.5) is 10.5 Å². The molecule has 3 aliphatic rings. The van der Waals surface area contributed by atoms with Gasteiger partial charge in [0.05, 0.1) is 11.5 Å². The molecule has 0 unspecified atom stereocenters. The molecule has 2 aromatic rings. The Labute approximate surface area is 202 Å². The molecule has 1 N–H and O–H groups in total. The van der Waals surface area contributed by atoms with Crippen LogP contribution in [0.15, 0.2) is 48.5 Å². The third-order valence-corrected chi connectivity index (χ3v) is 7.46. The van der Waals surface area contributed by atoms with Crippen LogP contribution in [0, 0.1) is 0 Å². The van der Waals surface area contributed by atoms with E-state index in [9.17, 15) is 9.59 Å². The van der Waals surface area contributed by atoms with Crippen LogP contribution >= 0.6 is 0 Å². The Morgan fingerprint density at radius 2 is 1.79 bits per heavy atom. The van der Waals surface area contributed by atoms with Gasteiger partial charge in [-0.3, -0.25) is 9.69 Å². The van der Waals surface area contributed by atoms with E-state index >= 15 is 0 Å². The lowest BCUT2D eigenvalue weighted by Gasteiger charge is -2.39. The smallest absolute Gasteiger partial charge is 0.410 e.